The maximum atomic E-state index is 11.7. The minimum absolute atomic E-state index is 0.0975. The molecule has 0 saturated carbocycles. The molecular formula is C24H46O6. The summed E-state index contributed by atoms with van der Waals surface area (Å²) in [5.74, 6) is -0.270. The molecule has 0 heterocycles. The highest BCUT2D eigenvalue weighted by Gasteiger charge is 2.28. The Hall–Kier alpha value is -0.950. The molecule has 0 saturated heterocycles. The first-order valence-corrected chi connectivity index (χ1v) is 11.8. The van der Waals surface area contributed by atoms with E-state index in [0.717, 1.165) is 57.8 Å². The Bertz CT molecular complexity index is 412. The number of allylic oxidation sites excluding steroid dienone is 1. The molecule has 0 aliphatic carbocycles. The first-order chi connectivity index (χ1) is 14.5. The predicted molar refractivity (Wildman–Crippen MR) is 120 cm³/mol. The average molecular weight is 431 g/mol. The Labute approximate surface area is 183 Å². The van der Waals surface area contributed by atoms with Gasteiger partial charge >= 0.3 is 5.97 Å². The number of aliphatic hydroxyl groups is 4. The maximum Gasteiger partial charge on any atom is 0.305 e. The van der Waals surface area contributed by atoms with Crippen molar-refractivity contribution in [3.63, 3.8) is 0 Å². The zero-order chi connectivity index (χ0) is 22.5. The topological polar surface area (TPSA) is 107 Å². The van der Waals surface area contributed by atoms with E-state index in [2.05, 4.69) is 19.1 Å². The number of hydrogen-bond donors (Lipinski definition) is 4. The number of ether oxygens (including phenoxy) is 1. The van der Waals surface area contributed by atoms with Crippen LogP contribution < -0.4 is 0 Å². The van der Waals surface area contributed by atoms with Gasteiger partial charge in [-0.3, -0.25) is 4.79 Å². The molecule has 0 spiro atoms. The fourth-order valence-electron chi connectivity index (χ4n) is 3.20. The van der Waals surface area contributed by atoms with Crippen molar-refractivity contribution in [1.82, 2.24) is 0 Å². The Kier molecular flexibility index (Phi) is 19.3. The lowest BCUT2D eigenvalue weighted by Gasteiger charge is -2.26. The van der Waals surface area contributed by atoms with Gasteiger partial charge in [0.2, 0.25) is 0 Å². The van der Waals surface area contributed by atoms with Crippen molar-refractivity contribution >= 4 is 5.97 Å². The summed E-state index contributed by atoms with van der Waals surface area (Å²) in [4.78, 5) is 11.7. The standard InChI is InChI=1S/C24H46O6/c1-2-3-4-11-14-22(28)15-12-9-7-5-6-8-10-13-16-23(29)30-18-17-24(19-25,20-26)21-27/h9,12,22,25-28H,2-8,10-11,13-21H2,1H3/b12-9-/t22-/m1/s1. The van der Waals surface area contributed by atoms with Gasteiger partial charge in [-0.1, -0.05) is 64.0 Å². The summed E-state index contributed by atoms with van der Waals surface area (Å²) in [6, 6.07) is 0. The molecule has 0 fully saturated rings. The van der Waals surface area contributed by atoms with Crippen LogP contribution in [-0.4, -0.2) is 58.9 Å². The van der Waals surface area contributed by atoms with E-state index in [9.17, 15) is 25.2 Å². The van der Waals surface area contributed by atoms with Crippen molar-refractivity contribution in [2.24, 2.45) is 5.41 Å². The van der Waals surface area contributed by atoms with E-state index in [4.69, 9.17) is 4.74 Å². The number of unbranched alkanes of at least 4 members (excludes halogenated alkanes) is 8. The van der Waals surface area contributed by atoms with Crippen LogP contribution in [0.2, 0.25) is 0 Å². The van der Waals surface area contributed by atoms with Gasteiger partial charge in [0.1, 0.15) is 0 Å². The van der Waals surface area contributed by atoms with Gasteiger partial charge in [-0.2, -0.15) is 0 Å². The van der Waals surface area contributed by atoms with E-state index in [1.165, 1.54) is 19.3 Å². The highest BCUT2D eigenvalue weighted by atomic mass is 16.5. The van der Waals surface area contributed by atoms with Gasteiger partial charge in [0.15, 0.2) is 0 Å². The molecule has 30 heavy (non-hydrogen) atoms. The zero-order valence-corrected chi connectivity index (χ0v) is 19.1. The van der Waals surface area contributed by atoms with Crippen molar-refractivity contribution < 1.29 is 30.0 Å². The smallest absolute Gasteiger partial charge is 0.305 e. The second-order valence-electron chi connectivity index (χ2n) is 8.46. The second kappa shape index (κ2) is 20.0. The summed E-state index contributed by atoms with van der Waals surface area (Å²) >= 11 is 0. The zero-order valence-electron chi connectivity index (χ0n) is 19.1. The minimum Gasteiger partial charge on any atom is -0.466 e. The third-order valence-corrected chi connectivity index (χ3v) is 5.62. The van der Waals surface area contributed by atoms with Gasteiger partial charge in [-0.15, -0.1) is 0 Å². The van der Waals surface area contributed by atoms with Crippen LogP contribution in [0.5, 0.6) is 0 Å². The summed E-state index contributed by atoms with van der Waals surface area (Å²) in [7, 11) is 0. The Balaban J connectivity index is 3.53. The largest absolute Gasteiger partial charge is 0.466 e. The van der Waals surface area contributed by atoms with E-state index in [-0.39, 0.29) is 44.9 Å². The van der Waals surface area contributed by atoms with Gasteiger partial charge in [0.05, 0.1) is 32.5 Å². The van der Waals surface area contributed by atoms with Crippen LogP contribution in [0.4, 0.5) is 0 Å². The number of aliphatic hydroxyl groups excluding tert-OH is 4. The molecule has 0 rings (SSSR count). The van der Waals surface area contributed by atoms with Gasteiger partial charge in [0.25, 0.3) is 0 Å². The van der Waals surface area contributed by atoms with E-state index in [0.29, 0.717) is 6.42 Å². The SMILES string of the molecule is CCCCCC[C@@H](O)C/C=C\CCCCCCCC(=O)OCCC(CO)(CO)CO. The van der Waals surface area contributed by atoms with Crippen LogP contribution in [0.1, 0.15) is 96.8 Å². The van der Waals surface area contributed by atoms with Crippen LogP contribution in [0.25, 0.3) is 0 Å². The lowest BCUT2D eigenvalue weighted by atomic mass is 9.88. The van der Waals surface area contributed by atoms with E-state index < -0.39 is 5.41 Å². The molecule has 0 radical (unpaired) electrons. The number of hydrogen-bond acceptors (Lipinski definition) is 6. The van der Waals surface area contributed by atoms with Gasteiger partial charge in [0, 0.05) is 11.8 Å². The molecule has 178 valence electrons. The van der Waals surface area contributed by atoms with E-state index in [1.54, 1.807) is 0 Å². The summed E-state index contributed by atoms with van der Waals surface area (Å²) in [5, 5.41) is 37.6. The van der Waals surface area contributed by atoms with Crippen LogP contribution in [0.15, 0.2) is 12.2 Å². The van der Waals surface area contributed by atoms with Crippen molar-refractivity contribution in [3.05, 3.63) is 12.2 Å². The van der Waals surface area contributed by atoms with Crippen LogP contribution >= 0.6 is 0 Å². The molecule has 0 aromatic carbocycles. The molecule has 6 nitrogen and oxygen atoms in total. The van der Waals surface area contributed by atoms with Crippen LogP contribution in [0, 0.1) is 5.41 Å². The predicted octanol–water partition coefficient (Wildman–Crippen LogP) is 3.89. The summed E-state index contributed by atoms with van der Waals surface area (Å²) in [6.45, 7) is 1.27. The van der Waals surface area contributed by atoms with Crippen molar-refractivity contribution in [3.8, 4) is 0 Å². The van der Waals surface area contributed by atoms with Gasteiger partial charge < -0.3 is 25.2 Å². The summed E-state index contributed by atoms with van der Waals surface area (Å²) in [6.07, 6.45) is 17.3. The van der Waals surface area contributed by atoms with Crippen molar-refractivity contribution in [2.75, 3.05) is 26.4 Å². The molecule has 4 N–H and O–H groups in total. The molecule has 0 aromatic rings. The molecule has 0 aliphatic heterocycles. The Morgan fingerprint density at radius 2 is 1.53 bits per heavy atom. The van der Waals surface area contributed by atoms with Crippen LogP contribution in [-0.2, 0) is 9.53 Å². The molecule has 0 unspecified atom stereocenters. The first-order valence-electron chi connectivity index (χ1n) is 11.8. The molecular weight excluding hydrogens is 384 g/mol. The fraction of sp³-hybridized carbons (Fsp3) is 0.875. The number of esters is 1. The first kappa shape index (κ1) is 29.1. The molecule has 0 amide bonds. The maximum absolute atomic E-state index is 11.7. The molecule has 0 aromatic heterocycles. The normalized spacial score (nSPS) is 13.1. The van der Waals surface area contributed by atoms with Gasteiger partial charge in [-0.05, 0) is 38.5 Å². The van der Waals surface area contributed by atoms with Crippen LogP contribution in [0.3, 0.4) is 0 Å². The van der Waals surface area contributed by atoms with Gasteiger partial charge in [-0.25, -0.2) is 0 Å². The summed E-state index contributed by atoms with van der Waals surface area (Å²) < 4.78 is 5.13. The molecule has 6 heteroatoms. The Morgan fingerprint density at radius 1 is 0.900 bits per heavy atom. The Morgan fingerprint density at radius 3 is 2.20 bits per heavy atom. The molecule has 0 aliphatic rings. The lowest BCUT2D eigenvalue weighted by Crippen LogP contribution is -2.35. The fourth-order valence-corrected chi connectivity index (χ4v) is 3.20. The summed E-state index contributed by atoms with van der Waals surface area (Å²) in [5.41, 5.74) is -0.985. The van der Waals surface area contributed by atoms with Crippen molar-refractivity contribution in [2.45, 2.75) is 103 Å². The van der Waals surface area contributed by atoms with Crippen molar-refractivity contribution in [1.29, 1.82) is 0 Å². The van der Waals surface area contributed by atoms with E-state index >= 15 is 0 Å². The molecule has 1 atom stereocenters. The highest BCUT2D eigenvalue weighted by molar-refractivity contribution is 5.69. The number of carbonyl (C=O) groups excluding carboxylic acids is 1. The minimum atomic E-state index is -0.985. The monoisotopic (exact) mass is 430 g/mol. The lowest BCUT2D eigenvalue weighted by molar-refractivity contribution is -0.145. The number of rotatable bonds is 21. The quantitative estimate of drug-likeness (QED) is 0.125. The average Bonchev–Trinajstić information content (AvgIpc) is 2.76. The second-order valence-corrected chi connectivity index (χ2v) is 8.46. The third-order valence-electron chi connectivity index (χ3n) is 5.62. The highest BCUT2D eigenvalue weighted by Crippen LogP contribution is 2.20. The number of carbonyl (C=O) groups is 1. The van der Waals surface area contributed by atoms with E-state index in [1.807, 2.05) is 0 Å². The third kappa shape index (κ3) is 15.8. The molecule has 0 bridgehead atoms.